The Bertz CT molecular complexity index is 1450. The number of pyridine rings is 1. The molecule has 1 amide bonds. The van der Waals surface area contributed by atoms with E-state index in [9.17, 15) is 50.0 Å². The fourth-order valence-electron chi connectivity index (χ4n) is 3.09. The maximum absolute atomic E-state index is 14.5. The lowest BCUT2D eigenvalue weighted by Gasteiger charge is -2.28. The third-order valence-corrected chi connectivity index (χ3v) is 6.30. The fourth-order valence-corrected chi connectivity index (χ4v) is 4.00. The lowest BCUT2D eigenvalue weighted by atomic mass is 10.0. The Kier molecular flexibility index (Phi) is 8.40. The molecule has 2 heterocycles. The minimum atomic E-state index is -6.66. The predicted molar refractivity (Wildman–Crippen MR) is 123 cm³/mol. The lowest BCUT2D eigenvalue weighted by Crippen LogP contribution is -2.50. The second-order valence-corrected chi connectivity index (χ2v) is 9.40. The van der Waals surface area contributed by atoms with E-state index in [-0.39, 0.29) is 22.3 Å². The number of hydrogen-bond acceptors (Lipinski definition) is 8. The van der Waals surface area contributed by atoms with Crippen LogP contribution in [0.2, 0.25) is 0 Å². The van der Waals surface area contributed by atoms with Crippen molar-refractivity contribution >= 4 is 29.2 Å². The first-order chi connectivity index (χ1) is 18.4. The Balaban J connectivity index is 1.95. The van der Waals surface area contributed by atoms with Crippen molar-refractivity contribution in [3.05, 3.63) is 63.3 Å². The van der Waals surface area contributed by atoms with E-state index in [1.54, 1.807) is 30.6 Å². The number of carbonyl (C=O) groups excluding carboxylic acids is 1. The summed E-state index contributed by atoms with van der Waals surface area (Å²) < 4.78 is 108. The molecule has 19 heteroatoms. The Morgan fingerprint density at radius 1 is 1.12 bits per heavy atom. The quantitative estimate of drug-likeness (QED) is 0.207. The summed E-state index contributed by atoms with van der Waals surface area (Å²) in [6, 6.07) is 2.73. The van der Waals surface area contributed by atoms with Crippen molar-refractivity contribution < 1.29 is 44.8 Å². The molecule has 3 aromatic rings. The van der Waals surface area contributed by atoms with Crippen molar-refractivity contribution in [2.45, 2.75) is 34.6 Å². The number of halogens is 8. The molecule has 10 nitrogen and oxygen atoms in total. The van der Waals surface area contributed by atoms with Crippen molar-refractivity contribution in [1.82, 2.24) is 24.6 Å². The molecule has 0 saturated carbocycles. The molecule has 0 spiro atoms. The minimum absolute atomic E-state index is 0.0587. The first-order valence-electron chi connectivity index (χ1n) is 10.7. The number of nitrogens with zero attached hydrogens (tertiary/aromatic N) is 6. The molecule has 0 aliphatic rings. The molecule has 0 radical (unpaired) electrons. The van der Waals surface area contributed by atoms with E-state index in [0.29, 0.717) is 12.4 Å². The number of nitro benzene ring substituents is 1. The average molecular weight is 599 g/mol. The molecule has 40 heavy (non-hydrogen) atoms. The third kappa shape index (κ3) is 5.98. The van der Waals surface area contributed by atoms with Gasteiger partial charge in [0.15, 0.2) is 16.8 Å². The molecule has 0 atom stereocenters. The van der Waals surface area contributed by atoms with Crippen molar-refractivity contribution in [2.75, 3.05) is 19.4 Å². The highest BCUT2D eigenvalue weighted by atomic mass is 32.2. The molecule has 0 fully saturated rings. The zero-order valence-corrected chi connectivity index (χ0v) is 21.3. The Morgan fingerprint density at radius 3 is 2.33 bits per heavy atom. The summed E-state index contributed by atoms with van der Waals surface area (Å²) in [6.07, 6.45) is -6.82. The maximum atomic E-state index is 14.5. The molecule has 0 aliphatic heterocycles. The van der Waals surface area contributed by atoms with Gasteiger partial charge in [-0.1, -0.05) is 0 Å². The largest absolute Gasteiger partial charge is 0.460 e. The van der Waals surface area contributed by atoms with Gasteiger partial charge in [-0.2, -0.15) is 30.7 Å². The van der Waals surface area contributed by atoms with E-state index in [4.69, 9.17) is 0 Å². The highest BCUT2D eigenvalue weighted by Crippen LogP contribution is 2.51. The Labute approximate surface area is 223 Å². The molecular weight excluding hydrogens is 582 g/mol. The first kappa shape index (κ1) is 30.7. The summed E-state index contributed by atoms with van der Waals surface area (Å²) >= 11 is 0.847. The fraction of sp³-hybridized carbons (Fsp3) is 0.333. The smallest absolute Gasteiger partial charge is 0.308 e. The van der Waals surface area contributed by atoms with E-state index in [0.717, 1.165) is 23.9 Å². The number of benzene rings is 1. The third-order valence-electron chi connectivity index (χ3n) is 5.19. The zero-order chi connectivity index (χ0) is 30.2. The van der Waals surface area contributed by atoms with Crippen LogP contribution in [0.25, 0.3) is 0 Å². The molecule has 0 aliphatic carbocycles. The van der Waals surface area contributed by atoms with Crippen molar-refractivity contribution in [2.24, 2.45) is 7.05 Å². The number of rotatable bonds is 9. The van der Waals surface area contributed by atoms with E-state index >= 15 is 0 Å². The number of nitro groups is 1. The molecule has 1 aromatic carbocycles. The van der Waals surface area contributed by atoms with Gasteiger partial charge in [0, 0.05) is 35.8 Å². The van der Waals surface area contributed by atoms with Gasteiger partial charge in [0.25, 0.3) is 11.6 Å². The Morgan fingerprint density at radius 2 is 1.77 bits per heavy atom. The molecule has 0 saturated heterocycles. The molecule has 0 bridgehead atoms. The summed E-state index contributed by atoms with van der Waals surface area (Å²) in [4.78, 5) is 28.3. The van der Waals surface area contributed by atoms with Gasteiger partial charge in [0.05, 0.1) is 17.0 Å². The highest BCUT2D eigenvalue weighted by Gasteiger charge is 2.73. The summed E-state index contributed by atoms with van der Waals surface area (Å²) in [5.41, 5.74) is -3.08. The van der Waals surface area contributed by atoms with E-state index < -0.39 is 57.3 Å². The number of amides is 1. The average Bonchev–Trinajstić information content (AvgIpc) is 3.17. The van der Waals surface area contributed by atoms with Gasteiger partial charge in [-0.05, 0) is 38.0 Å². The number of non-ortho nitro benzene ring substituents is 1. The lowest BCUT2D eigenvalue weighted by molar-refractivity contribution is -0.384. The van der Waals surface area contributed by atoms with Gasteiger partial charge in [0.1, 0.15) is 5.82 Å². The molecule has 1 N–H and O–H groups in total. The van der Waals surface area contributed by atoms with E-state index in [2.05, 4.69) is 15.2 Å². The van der Waals surface area contributed by atoms with Crippen molar-refractivity contribution in [3.8, 4) is 0 Å². The van der Waals surface area contributed by atoms with Crippen LogP contribution in [0.1, 0.15) is 21.7 Å². The number of aromatic nitrogens is 4. The normalized spacial score (nSPS) is 12.6. The van der Waals surface area contributed by atoms with Gasteiger partial charge in [-0.25, -0.2) is 9.37 Å². The summed E-state index contributed by atoms with van der Waals surface area (Å²) in [7, 11) is 5.18. The van der Waals surface area contributed by atoms with Crippen LogP contribution in [0, 0.1) is 15.9 Å². The van der Waals surface area contributed by atoms with Gasteiger partial charge in [-0.15, -0.1) is 10.2 Å². The van der Waals surface area contributed by atoms with Crippen LogP contribution < -0.4 is 5.32 Å². The standard InChI is InChI=1S/C21H17F8N7O3S/c1-34(2)9-15-32-33-18(35(15)3)40-14-5-4-11(36(38)39)7-12(14)17(37)31-16-13(22)6-10(8-30-16)19(23,24)20(25,26)21(27,28)29/h4-8H,9H2,1-3H3,(H,30,31,37). The van der Waals surface area contributed by atoms with Crippen LogP contribution in [0.15, 0.2) is 40.5 Å². The highest BCUT2D eigenvalue weighted by molar-refractivity contribution is 7.99. The van der Waals surface area contributed by atoms with E-state index in [1.807, 2.05) is 5.32 Å². The number of alkyl halides is 7. The van der Waals surface area contributed by atoms with Gasteiger partial charge >= 0.3 is 18.0 Å². The summed E-state index contributed by atoms with van der Waals surface area (Å²) in [5.74, 6) is -16.2. The minimum Gasteiger partial charge on any atom is -0.308 e. The van der Waals surface area contributed by atoms with Gasteiger partial charge in [-0.3, -0.25) is 14.9 Å². The number of hydrogen-bond donors (Lipinski definition) is 1. The van der Waals surface area contributed by atoms with Crippen LogP contribution in [-0.2, 0) is 19.5 Å². The molecular formula is C21H17F8N7O3S. The maximum Gasteiger partial charge on any atom is 0.460 e. The topological polar surface area (TPSA) is 119 Å². The van der Waals surface area contributed by atoms with Crippen LogP contribution in [-0.4, -0.2) is 61.7 Å². The predicted octanol–water partition coefficient (Wildman–Crippen LogP) is 5.01. The van der Waals surface area contributed by atoms with Crippen LogP contribution in [0.5, 0.6) is 0 Å². The van der Waals surface area contributed by atoms with Crippen molar-refractivity contribution in [1.29, 1.82) is 0 Å². The molecule has 2 aromatic heterocycles. The second-order valence-electron chi connectivity index (χ2n) is 8.39. The second kappa shape index (κ2) is 11.0. The SMILES string of the molecule is CN(C)Cc1nnc(Sc2ccc([N+](=O)[O-])cc2C(=O)Nc2ncc(C(F)(F)C(F)(F)C(F)(F)F)cc2F)n1C. The van der Waals surface area contributed by atoms with Gasteiger partial charge < -0.3 is 14.8 Å². The number of anilines is 1. The number of nitrogens with one attached hydrogen (secondary N) is 1. The summed E-state index contributed by atoms with van der Waals surface area (Å²) in [6.45, 7) is 0.395. The Hall–Kier alpha value is -3.87. The molecule has 3 rings (SSSR count). The zero-order valence-electron chi connectivity index (χ0n) is 20.4. The van der Waals surface area contributed by atoms with E-state index in [1.165, 1.54) is 6.07 Å². The van der Waals surface area contributed by atoms with Crippen LogP contribution >= 0.6 is 11.8 Å². The van der Waals surface area contributed by atoms with Crippen LogP contribution in [0.3, 0.4) is 0 Å². The molecule has 0 unspecified atom stereocenters. The van der Waals surface area contributed by atoms with Crippen LogP contribution in [0.4, 0.5) is 46.6 Å². The molecule has 216 valence electrons. The first-order valence-corrected chi connectivity index (χ1v) is 11.5. The summed E-state index contributed by atoms with van der Waals surface area (Å²) in [5, 5.41) is 21.3. The van der Waals surface area contributed by atoms with Gasteiger partial charge in [0.2, 0.25) is 0 Å². The number of carbonyl (C=O) groups is 1. The monoisotopic (exact) mass is 599 g/mol. The van der Waals surface area contributed by atoms with Crippen molar-refractivity contribution in [3.63, 3.8) is 0 Å².